The number of nitrogens with zero attached hydrogens (tertiary/aromatic N) is 7. The molecule has 0 bridgehead atoms. The van der Waals surface area contributed by atoms with Crippen LogP contribution in [0.3, 0.4) is 0 Å². The van der Waals surface area contributed by atoms with Gasteiger partial charge in [0.2, 0.25) is 5.91 Å². The Kier molecular flexibility index (Phi) is 8.58. The average Bonchev–Trinajstić information content (AvgIpc) is 3.36. The fraction of sp³-hybridized carbons (Fsp3) is 0.562. The van der Waals surface area contributed by atoms with Gasteiger partial charge in [-0.15, -0.1) is 0 Å². The van der Waals surface area contributed by atoms with Crippen LogP contribution >= 0.6 is 0 Å². The molecule has 4 aliphatic rings. The lowest BCUT2D eigenvalue weighted by molar-refractivity contribution is -0.128. The van der Waals surface area contributed by atoms with Crippen molar-refractivity contribution in [2.45, 2.75) is 57.2 Å². The van der Waals surface area contributed by atoms with Gasteiger partial charge in [0.1, 0.15) is 12.4 Å². The molecule has 0 N–H and O–H groups in total. The number of nitriles is 1. The molecule has 1 amide bonds. The normalized spacial score (nSPS) is 24.1. The van der Waals surface area contributed by atoms with Gasteiger partial charge in [0.05, 0.1) is 37.4 Å². The molecule has 0 saturated carbocycles. The lowest BCUT2D eigenvalue weighted by Gasteiger charge is -2.42. The van der Waals surface area contributed by atoms with Gasteiger partial charge in [-0.05, 0) is 43.9 Å². The second-order valence-electron chi connectivity index (χ2n) is 11.7. The second kappa shape index (κ2) is 12.7. The maximum atomic E-state index is 12.5. The third kappa shape index (κ3) is 5.81. The maximum Gasteiger partial charge on any atom is 0.318 e. The molecular weight excluding hydrogens is 530 g/mol. The Morgan fingerprint density at radius 3 is 2.83 bits per heavy atom. The third-order valence-corrected chi connectivity index (χ3v) is 9.17. The number of hydrogen-bond donors (Lipinski definition) is 0. The number of amides is 1. The largest absolute Gasteiger partial charge is 0.462 e. The van der Waals surface area contributed by atoms with Crippen LogP contribution in [-0.4, -0.2) is 103 Å². The molecule has 0 radical (unpaired) electrons. The topological polar surface area (TPSA) is 98.1 Å². The zero-order valence-electron chi connectivity index (χ0n) is 24.6. The predicted molar refractivity (Wildman–Crippen MR) is 161 cm³/mol. The van der Waals surface area contributed by atoms with E-state index >= 15 is 0 Å². The molecule has 2 saturated heterocycles. The van der Waals surface area contributed by atoms with E-state index in [9.17, 15) is 10.1 Å². The Morgan fingerprint density at radius 2 is 2.02 bits per heavy atom. The first-order valence-corrected chi connectivity index (χ1v) is 15.3. The molecule has 2 fully saturated rings. The maximum absolute atomic E-state index is 12.5. The van der Waals surface area contributed by atoms with Gasteiger partial charge in [0.25, 0.3) is 0 Å². The Balaban J connectivity index is 1.27. The van der Waals surface area contributed by atoms with Gasteiger partial charge < -0.3 is 24.2 Å². The molecule has 4 heterocycles. The van der Waals surface area contributed by atoms with E-state index in [0.717, 1.165) is 70.0 Å². The van der Waals surface area contributed by atoms with Crippen LogP contribution in [0.4, 0.5) is 11.5 Å². The minimum Gasteiger partial charge on any atom is -0.462 e. The number of piperazine rings is 1. The fourth-order valence-corrected chi connectivity index (χ4v) is 7.09. The van der Waals surface area contributed by atoms with E-state index in [0.29, 0.717) is 44.3 Å². The summed E-state index contributed by atoms with van der Waals surface area (Å²) in [6.07, 6.45) is 5.41. The number of morpholine rings is 1. The minimum absolute atomic E-state index is 0.130. The summed E-state index contributed by atoms with van der Waals surface area (Å²) in [5.41, 5.74) is 4.99. The first-order chi connectivity index (χ1) is 20.6. The number of carbonyl (C=O) groups is 1. The highest BCUT2D eigenvalue weighted by Crippen LogP contribution is 2.39. The van der Waals surface area contributed by atoms with Crippen molar-refractivity contribution in [2.75, 3.05) is 68.9 Å². The van der Waals surface area contributed by atoms with Crippen LogP contribution in [0.1, 0.15) is 36.6 Å². The quantitative estimate of drug-likeness (QED) is 0.443. The molecule has 42 heavy (non-hydrogen) atoms. The molecule has 1 aliphatic carbocycles. The van der Waals surface area contributed by atoms with Crippen LogP contribution in [0.2, 0.25) is 0 Å². The SMILES string of the molecule is C=CC(=O)N1CCN(c2nc(OCCN3CCOCC3)nc3c2CCC(N2c4ccccc4CC2C)C3)CC1CC#N. The van der Waals surface area contributed by atoms with Crippen LogP contribution in [0.15, 0.2) is 36.9 Å². The summed E-state index contributed by atoms with van der Waals surface area (Å²) < 4.78 is 11.7. The van der Waals surface area contributed by atoms with Crippen LogP contribution in [0.5, 0.6) is 6.01 Å². The highest BCUT2D eigenvalue weighted by atomic mass is 16.5. The standard InChI is InChI=1S/C32H41N7O3/c1-3-30(40)38-13-12-37(22-26(38)10-11-33)31-27-9-8-25(39-23(2)20-24-6-4-5-7-29(24)39)21-28(27)34-32(35-31)42-19-16-36-14-17-41-18-15-36/h3-7,23,25-26H,1,8-10,12-22H2,2H3. The Bertz CT molecular complexity index is 1340. The summed E-state index contributed by atoms with van der Waals surface area (Å²) in [6.45, 7) is 12.3. The summed E-state index contributed by atoms with van der Waals surface area (Å²) >= 11 is 0. The van der Waals surface area contributed by atoms with Crippen molar-refractivity contribution in [1.82, 2.24) is 19.8 Å². The zero-order valence-corrected chi connectivity index (χ0v) is 24.6. The second-order valence-corrected chi connectivity index (χ2v) is 11.7. The van der Waals surface area contributed by atoms with E-state index in [4.69, 9.17) is 19.4 Å². The number of hydrogen-bond acceptors (Lipinski definition) is 9. The smallest absolute Gasteiger partial charge is 0.318 e. The Labute approximate surface area is 248 Å². The van der Waals surface area contributed by atoms with Crippen molar-refractivity contribution in [3.05, 3.63) is 53.7 Å². The van der Waals surface area contributed by atoms with Gasteiger partial charge in [0, 0.05) is 69.0 Å². The number of ether oxygens (including phenoxy) is 2. The van der Waals surface area contributed by atoms with Gasteiger partial charge >= 0.3 is 6.01 Å². The molecule has 1 aromatic heterocycles. The zero-order chi connectivity index (χ0) is 29.1. The molecule has 0 spiro atoms. The van der Waals surface area contributed by atoms with Crippen molar-refractivity contribution in [2.24, 2.45) is 0 Å². The number of rotatable bonds is 8. The molecule has 3 aliphatic heterocycles. The van der Waals surface area contributed by atoms with E-state index in [-0.39, 0.29) is 18.4 Å². The van der Waals surface area contributed by atoms with E-state index in [1.54, 1.807) is 4.90 Å². The van der Waals surface area contributed by atoms with Crippen molar-refractivity contribution >= 4 is 17.4 Å². The van der Waals surface area contributed by atoms with Gasteiger partial charge in [-0.25, -0.2) is 0 Å². The number of carbonyl (C=O) groups excluding carboxylic acids is 1. The highest BCUT2D eigenvalue weighted by molar-refractivity contribution is 5.87. The van der Waals surface area contributed by atoms with Crippen LogP contribution in [0.25, 0.3) is 0 Å². The molecule has 3 unspecified atom stereocenters. The van der Waals surface area contributed by atoms with Crippen molar-refractivity contribution < 1.29 is 14.3 Å². The molecule has 10 nitrogen and oxygen atoms in total. The molecule has 222 valence electrons. The number of para-hydroxylation sites is 1. The summed E-state index contributed by atoms with van der Waals surface area (Å²) in [7, 11) is 0. The fourth-order valence-electron chi connectivity index (χ4n) is 7.09. The lowest BCUT2D eigenvalue weighted by atomic mass is 9.90. The average molecular weight is 572 g/mol. The van der Waals surface area contributed by atoms with Crippen LogP contribution in [-0.2, 0) is 28.8 Å². The Morgan fingerprint density at radius 1 is 1.19 bits per heavy atom. The Hall–Kier alpha value is -3.68. The van der Waals surface area contributed by atoms with Crippen molar-refractivity contribution in [3.8, 4) is 12.1 Å². The number of aromatic nitrogens is 2. The first kappa shape index (κ1) is 28.4. The molecule has 1 aromatic carbocycles. The van der Waals surface area contributed by atoms with E-state index in [1.807, 2.05) is 0 Å². The molecular formula is C32H41N7O3. The van der Waals surface area contributed by atoms with Crippen LogP contribution in [0, 0.1) is 11.3 Å². The van der Waals surface area contributed by atoms with E-state index in [1.165, 1.54) is 22.9 Å². The summed E-state index contributed by atoms with van der Waals surface area (Å²) in [4.78, 5) is 31.5. The van der Waals surface area contributed by atoms with Gasteiger partial charge in [-0.2, -0.15) is 15.2 Å². The number of benzene rings is 1. The third-order valence-electron chi connectivity index (χ3n) is 9.17. The molecule has 3 atom stereocenters. The predicted octanol–water partition coefficient (Wildman–Crippen LogP) is 2.61. The first-order valence-electron chi connectivity index (χ1n) is 15.3. The summed E-state index contributed by atoms with van der Waals surface area (Å²) in [6, 6.07) is 12.0. The number of anilines is 2. The number of fused-ring (bicyclic) bond motifs is 2. The summed E-state index contributed by atoms with van der Waals surface area (Å²) in [5, 5.41) is 9.52. The molecule has 2 aromatic rings. The van der Waals surface area contributed by atoms with Gasteiger partial charge in [-0.1, -0.05) is 24.8 Å². The lowest BCUT2D eigenvalue weighted by Crippen LogP contribution is -2.55. The van der Waals surface area contributed by atoms with E-state index < -0.39 is 0 Å². The molecule has 10 heteroatoms. The molecule has 6 rings (SSSR count). The minimum atomic E-state index is -0.219. The van der Waals surface area contributed by atoms with Crippen molar-refractivity contribution in [3.63, 3.8) is 0 Å². The van der Waals surface area contributed by atoms with Crippen LogP contribution < -0.4 is 14.5 Å². The van der Waals surface area contributed by atoms with E-state index in [2.05, 4.69) is 58.5 Å². The van der Waals surface area contributed by atoms with Crippen molar-refractivity contribution in [1.29, 1.82) is 5.26 Å². The van der Waals surface area contributed by atoms with Gasteiger partial charge in [0.15, 0.2) is 0 Å². The monoisotopic (exact) mass is 571 g/mol. The summed E-state index contributed by atoms with van der Waals surface area (Å²) in [5.74, 6) is 0.762. The van der Waals surface area contributed by atoms with Gasteiger partial charge in [-0.3, -0.25) is 9.69 Å². The highest BCUT2D eigenvalue weighted by Gasteiger charge is 2.37.